The average molecular weight is 616 g/mol. The van der Waals surface area contributed by atoms with Crippen molar-refractivity contribution in [2.24, 2.45) is 0 Å². The monoisotopic (exact) mass is 615 g/mol. The van der Waals surface area contributed by atoms with Gasteiger partial charge in [-0.2, -0.15) is 0 Å². The van der Waals surface area contributed by atoms with Gasteiger partial charge in [0.05, 0.1) is 19.1 Å². The lowest BCUT2D eigenvalue weighted by atomic mass is 9.63. The van der Waals surface area contributed by atoms with E-state index in [1.807, 2.05) is 54.6 Å². The minimum atomic E-state index is -0.831. The van der Waals surface area contributed by atoms with Crippen LogP contribution in [0.2, 0.25) is 0 Å². The van der Waals surface area contributed by atoms with Crippen molar-refractivity contribution in [3.8, 4) is 34.2 Å². The first-order valence-electron chi connectivity index (χ1n) is 19.6. The quantitative estimate of drug-likeness (QED) is 0.198. The molecule has 9 rings (SSSR count). The Hall–Kier alpha value is -5.58. The van der Waals surface area contributed by atoms with Gasteiger partial charge in [0.1, 0.15) is 0 Å². The fraction of sp³-hybridized carbons (Fsp3) is 0.0238. The standard InChI is InChI=1S/C42H27N3S/c1-3-14-30(15-4-1)39-43-40(31-16-5-2-6-17-31)45-41(44-39)32-26-25-29-24-23-28-13-7-8-18-33(28)42(36(29)27-32)34-19-9-11-21-37(34)46-38-22-12-10-20-35(38)42/h1-27H/i1D,2D,3D,4D,5D,6D,14D,15D,16D,17D. The smallest absolute Gasteiger partial charge is 0.164 e. The van der Waals surface area contributed by atoms with E-state index in [0.29, 0.717) is 5.56 Å². The molecule has 1 aliphatic heterocycles. The number of nitrogens with zero attached hydrogens (tertiary/aromatic N) is 3. The van der Waals surface area contributed by atoms with Crippen LogP contribution in [-0.2, 0) is 5.41 Å². The van der Waals surface area contributed by atoms with Crippen LogP contribution in [-0.4, -0.2) is 15.0 Å². The predicted octanol–water partition coefficient (Wildman–Crippen LogP) is 10.2. The van der Waals surface area contributed by atoms with E-state index in [-0.39, 0.29) is 28.6 Å². The molecule has 216 valence electrons. The van der Waals surface area contributed by atoms with E-state index in [2.05, 4.69) is 53.5 Å². The largest absolute Gasteiger partial charge is 0.208 e. The molecule has 0 unspecified atom stereocenters. The number of hydrogen-bond acceptors (Lipinski definition) is 4. The first kappa shape index (κ1) is 18.4. The highest BCUT2D eigenvalue weighted by molar-refractivity contribution is 7.99. The Balaban J connectivity index is 1.39. The zero-order valence-corrected chi connectivity index (χ0v) is 24.9. The van der Waals surface area contributed by atoms with Gasteiger partial charge in [0, 0.05) is 26.5 Å². The highest BCUT2D eigenvalue weighted by Gasteiger charge is 2.46. The Bertz CT molecular complexity index is 2690. The van der Waals surface area contributed by atoms with Crippen molar-refractivity contribution in [1.82, 2.24) is 15.0 Å². The molecule has 2 aliphatic rings. The predicted molar refractivity (Wildman–Crippen MR) is 187 cm³/mol. The minimum Gasteiger partial charge on any atom is -0.208 e. The summed E-state index contributed by atoms with van der Waals surface area (Å²) in [5.74, 6) is -0.614. The Morgan fingerprint density at radius 3 is 1.52 bits per heavy atom. The topological polar surface area (TPSA) is 38.7 Å². The molecule has 6 aromatic carbocycles. The molecule has 0 bridgehead atoms. The second-order valence-electron chi connectivity index (χ2n) is 10.9. The molecule has 1 spiro atoms. The van der Waals surface area contributed by atoms with Crippen LogP contribution in [0, 0.1) is 0 Å². The summed E-state index contributed by atoms with van der Waals surface area (Å²) in [7, 11) is 0. The molecule has 0 amide bonds. The molecule has 0 radical (unpaired) electrons. The van der Waals surface area contributed by atoms with Crippen LogP contribution >= 0.6 is 11.8 Å². The van der Waals surface area contributed by atoms with E-state index < -0.39 is 65.8 Å². The third-order valence-electron chi connectivity index (χ3n) is 8.41. The molecular weight excluding hydrogens is 579 g/mol. The summed E-state index contributed by atoms with van der Waals surface area (Å²) in [4.78, 5) is 16.1. The van der Waals surface area contributed by atoms with E-state index in [4.69, 9.17) is 23.7 Å². The number of benzene rings is 6. The summed E-state index contributed by atoms with van der Waals surface area (Å²) in [6.07, 6.45) is 4.18. The number of fused-ring (bicyclic) bond motifs is 8. The average Bonchev–Trinajstić information content (AvgIpc) is 3.36. The zero-order valence-electron chi connectivity index (χ0n) is 34.1. The van der Waals surface area contributed by atoms with Crippen molar-refractivity contribution < 1.29 is 13.7 Å². The maximum absolute atomic E-state index is 8.75. The van der Waals surface area contributed by atoms with Crippen LogP contribution in [0.5, 0.6) is 0 Å². The maximum Gasteiger partial charge on any atom is 0.164 e. The lowest BCUT2D eigenvalue weighted by Gasteiger charge is -2.42. The zero-order chi connectivity index (χ0) is 39.2. The van der Waals surface area contributed by atoms with Crippen molar-refractivity contribution in [3.05, 3.63) is 185 Å². The number of aromatic nitrogens is 3. The molecule has 0 atom stereocenters. The van der Waals surface area contributed by atoms with Gasteiger partial charge in [0.25, 0.3) is 0 Å². The van der Waals surface area contributed by atoms with E-state index in [1.54, 1.807) is 11.8 Å². The molecule has 1 aliphatic carbocycles. The van der Waals surface area contributed by atoms with Gasteiger partial charge in [0.15, 0.2) is 17.5 Å². The molecule has 0 fully saturated rings. The number of rotatable bonds is 3. The molecule has 0 saturated carbocycles. The molecule has 4 heteroatoms. The van der Waals surface area contributed by atoms with Crippen molar-refractivity contribution in [1.29, 1.82) is 0 Å². The molecule has 7 aromatic rings. The normalized spacial score (nSPS) is 16.7. The summed E-state index contributed by atoms with van der Waals surface area (Å²) >= 11 is 1.71. The first-order chi connectivity index (χ1) is 26.9. The van der Waals surface area contributed by atoms with Crippen LogP contribution in [0.4, 0.5) is 0 Å². The lowest BCUT2D eigenvalue weighted by Crippen LogP contribution is -2.35. The summed E-state index contributed by atoms with van der Waals surface area (Å²) in [5.41, 5.74) is 5.08. The van der Waals surface area contributed by atoms with Gasteiger partial charge in [-0.05, 0) is 51.6 Å². The van der Waals surface area contributed by atoms with Crippen LogP contribution in [0.1, 0.15) is 47.1 Å². The van der Waals surface area contributed by atoms with Crippen LogP contribution in [0.15, 0.2) is 161 Å². The maximum atomic E-state index is 8.75. The third kappa shape index (κ3) is 4.18. The Kier molecular flexibility index (Phi) is 4.32. The molecule has 46 heavy (non-hydrogen) atoms. The molecular formula is C42H27N3S. The number of hydrogen-bond donors (Lipinski definition) is 0. The van der Waals surface area contributed by atoms with Crippen LogP contribution in [0.3, 0.4) is 0 Å². The third-order valence-corrected chi connectivity index (χ3v) is 9.56. The fourth-order valence-electron chi connectivity index (χ4n) is 6.50. The fourth-order valence-corrected chi connectivity index (χ4v) is 7.69. The van der Waals surface area contributed by atoms with Crippen molar-refractivity contribution >= 4 is 23.9 Å². The molecule has 3 nitrogen and oxygen atoms in total. The second kappa shape index (κ2) is 10.8. The summed E-state index contributed by atoms with van der Waals surface area (Å²) < 4.78 is 84.8. The highest BCUT2D eigenvalue weighted by Crippen LogP contribution is 2.58. The van der Waals surface area contributed by atoms with E-state index >= 15 is 0 Å². The van der Waals surface area contributed by atoms with Gasteiger partial charge in [0.2, 0.25) is 0 Å². The minimum absolute atomic E-state index is 0.00911. The van der Waals surface area contributed by atoms with Gasteiger partial charge in [-0.3, -0.25) is 0 Å². The summed E-state index contributed by atoms with van der Waals surface area (Å²) in [6, 6.07) is 24.8. The molecule has 0 N–H and O–H groups in total. The van der Waals surface area contributed by atoms with Gasteiger partial charge in [-0.1, -0.05) is 157 Å². The molecule has 2 heterocycles. The SMILES string of the molecule is [2H]c1c([2H])c([2H])c(-c2nc(-c3ccc4c(c3)C3(c5ccccc5C=C4)c4ccccc4Sc4ccccc43)nc(-c3c([2H])c([2H])c([2H])c([2H])c3[2H])n2)c([2H])c1[2H]. The lowest BCUT2D eigenvalue weighted by molar-refractivity contribution is 0.701. The van der Waals surface area contributed by atoms with Gasteiger partial charge in [-0.25, -0.2) is 15.0 Å². The van der Waals surface area contributed by atoms with Crippen molar-refractivity contribution in [3.63, 3.8) is 0 Å². The Morgan fingerprint density at radius 1 is 0.457 bits per heavy atom. The molecule has 0 saturated heterocycles. The van der Waals surface area contributed by atoms with Crippen LogP contribution < -0.4 is 0 Å². The van der Waals surface area contributed by atoms with Crippen LogP contribution in [0.25, 0.3) is 46.3 Å². The van der Waals surface area contributed by atoms with E-state index in [1.165, 1.54) is 0 Å². The van der Waals surface area contributed by atoms with Gasteiger partial charge >= 0.3 is 0 Å². The van der Waals surface area contributed by atoms with E-state index in [9.17, 15) is 0 Å². The summed E-state index contributed by atoms with van der Waals surface area (Å²) in [6.45, 7) is 0. The molecule has 1 aromatic heterocycles. The first-order valence-corrected chi connectivity index (χ1v) is 15.4. The highest BCUT2D eigenvalue weighted by atomic mass is 32.2. The Morgan fingerprint density at radius 2 is 0.935 bits per heavy atom. The van der Waals surface area contributed by atoms with Crippen molar-refractivity contribution in [2.75, 3.05) is 0 Å². The van der Waals surface area contributed by atoms with E-state index in [0.717, 1.165) is 43.2 Å². The van der Waals surface area contributed by atoms with Gasteiger partial charge < -0.3 is 0 Å². The summed E-state index contributed by atoms with van der Waals surface area (Å²) in [5, 5.41) is 0. The second-order valence-corrected chi connectivity index (χ2v) is 12.0. The van der Waals surface area contributed by atoms with Gasteiger partial charge in [-0.15, -0.1) is 0 Å². The van der Waals surface area contributed by atoms with Crippen molar-refractivity contribution in [2.45, 2.75) is 15.2 Å². The Labute approximate surface area is 286 Å².